The number of anilines is 1. The molecule has 2 nitrogen and oxygen atoms in total. The zero-order valence-corrected chi connectivity index (χ0v) is 10.4. The number of aryl methyl sites for hydroxylation is 1. The molecule has 1 unspecified atom stereocenters. The lowest BCUT2D eigenvalue weighted by Gasteiger charge is -2.21. The van der Waals surface area contributed by atoms with Crippen molar-refractivity contribution in [2.75, 3.05) is 18.0 Å². The average Bonchev–Trinajstić information content (AvgIpc) is 2.69. The summed E-state index contributed by atoms with van der Waals surface area (Å²) in [7, 11) is 0. The van der Waals surface area contributed by atoms with Gasteiger partial charge >= 0.3 is 0 Å². The summed E-state index contributed by atoms with van der Waals surface area (Å²) in [5.41, 5.74) is 9.98. The van der Waals surface area contributed by atoms with Crippen LogP contribution in [0.4, 0.5) is 5.69 Å². The van der Waals surface area contributed by atoms with E-state index < -0.39 is 0 Å². The van der Waals surface area contributed by atoms with Gasteiger partial charge in [-0.2, -0.15) is 0 Å². The normalized spacial score (nSPS) is 17.8. The van der Waals surface area contributed by atoms with E-state index in [1.807, 2.05) is 0 Å². The Hall–Kier alpha value is -1.02. The highest BCUT2D eigenvalue weighted by molar-refractivity contribution is 5.55. The summed E-state index contributed by atoms with van der Waals surface area (Å²) in [4.78, 5) is 2.49. The summed E-state index contributed by atoms with van der Waals surface area (Å²) in [6.45, 7) is 6.70. The second-order valence-corrected chi connectivity index (χ2v) is 5.00. The SMILES string of the molecule is Cc1cc(CC(C)N)ccc1N1CCCC1. The fourth-order valence-corrected chi connectivity index (χ4v) is 2.53. The van der Waals surface area contributed by atoms with Crippen molar-refractivity contribution >= 4 is 5.69 Å². The molecule has 1 atom stereocenters. The second kappa shape index (κ2) is 4.88. The Morgan fingerprint density at radius 1 is 1.31 bits per heavy atom. The molecule has 16 heavy (non-hydrogen) atoms. The Labute approximate surface area is 98.4 Å². The first-order chi connectivity index (χ1) is 7.66. The molecular formula is C14H22N2. The Kier molecular flexibility index (Phi) is 3.49. The third-order valence-corrected chi connectivity index (χ3v) is 3.27. The standard InChI is InChI=1S/C14H22N2/c1-11-9-13(10-12(2)15)5-6-14(11)16-7-3-4-8-16/h5-6,9,12H,3-4,7-8,10,15H2,1-2H3. The van der Waals surface area contributed by atoms with Crippen molar-refractivity contribution in [1.82, 2.24) is 0 Å². The summed E-state index contributed by atoms with van der Waals surface area (Å²) in [6, 6.07) is 7.02. The molecule has 2 N–H and O–H groups in total. The largest absolute Gasteiger partial charge is 0.371 e. The molecule has 0 bridgehead atoms. The minimum Gasteiger partial charge on any atom is -0.371 e. The van der Waals surface area contributed by atoms with Gasteiger partial charge in [0.2, 0.25) is 0 Å². The Morgan fingerprint density at radius 2 is 2.00 bits per heavy atom. The summed E-state index contributed by atoms with van der Waals surface area (Å²) >= 11 is 0. The van der Waals surface area contributed by atoms with Crippen LogP contribution < -0.4 is 10.6 Å². The zero-order valence-electron chi connectivity index (χ0n) is 10.4. The van der Waals surface area contributed by atoms with Crippen molar-refractivity contribution in [3.05, 3.63) is 29.3 Å². The van der Waals surface area contributed by atoms with Crippen LogP contribution in [-0.4, -0.2) is 19.1 Å². The minimum atomic E-state index is 0.247. The fraction of sp³-hybridized carbons (Fsp3) is 0.571. The van der Waals surface area contributed by atoms with Crippen molar-refractivity contribution in [3.63, 3.8) is 0 Å². The van der Waals surface area contributed by atoms with Gasteiger partial charge in [-0.25, -0.2) is 0 Å². The number of hydrogen-bond donors (Lipinski definition) is 1. The van der Waals surface area contributed by atoms with Gasteiger partial charge in [0.25, 0.3) is 0 Å². The van der Waals surface area contributed by atoms with Crippen LogP contribution in [0.15, 0.2) is 18.2 Å². The number of rotatable bonds is 3. The zero-order chi connectivity index (χ0) is 11.5. The lowest BCUT2D eigenvalue weighted by atomic mass is 10.0. The Bertz CT molecular complexity index is 352. The van der Waals surface area contributed by atoms with Gasteiger partial charge in [-0.05, 0) is 50.3 Å². The van der Waals surface area contributed by atoms with Crippen LogP contribution in [0, 0.1) is 6.92 Å². The van der Waals surface area contributed by atoms with Crippen LogP contribution in [0.1, 0.15) is 30.9 Å². The first-order valence-corrected chi connectivity index (χ1v) is 6.27. The smallest absolute Gasteiger partial charge is 0.0396 e. The molecule has 1 aromatic rings. The van der Waals surface area contributed by atoms with E-state index in [4.69, 9.17) is 5.73 Å². The number of benzene rings is 1. The molecule has 0 aromatic heterocycles. The van der Waals surface area contributed by atoms with Gasteiger partial charge < -0.3 is 10.6 Å². The second-order valence-electron chi connectivity index (χ2n) is 5.00. The molecule has 2 rings (SSSR count). The van der Waals surface area contributed by atoms with Crippen LogP contribution in [0.25, 0.3) is 0 Å². The van der Waals surface area contributed by atoms with Crippen LogP contribution in [0.2, 0.25) is 0 Å². The number of nitrogens with zero attached hydrogens (tertiary/aromatic N) is 1. The quantitative estimate of drug-likeness (QED) is 0.844. The summed E-state index contributed by atoms with van der Waals surface area (Å²) in [6.07, 6.45) is 3.64. The van der Waals surface area contributed by atoms with Crippen molar-refractivity contribution in [2.24, 2.45) is 5.73 Å². The number of hydrogen-bond acceptors (Lipinski definition) is 2. The molecule has 1 aliphatic rings. The van der Waals surface area contributed by atoms with E-state index in [0.29, 0.717) is 0 Å². The maximum Gasteiger partial charge on any atom is 0.0396 e. The molecule has 0 aliphatic carbocycles. The van der Waals surface area contributed by atoms with Gasteiger partial charge in [0.15, 0.2) is 0 Å². The highest BCUT2D eigenvalue weighted by Gasteiger charge is 2.14. The molecule has 0 radical (unpaired) electrons. The Morgan fingerprint density at radius 3 is 2.56 bits per heavy atom. The Balaban J connectivity index is 2.15. The molecule has 1 saturated heterocycles. The van der Waals surface area contributed by atoms with E-state index in [9.17, 15) is 0 Å². The van der Waals surface area contributed by atoms with Gasteiger partial charge in [0, 0.05) is 24.8 Å². The van der Waals surface area contributed by atoms with Gasteiger partial charge in [0.05, 0.1) is 0 Å². The van der Waals surface area contributed by atoms with E-state index in [2.05, 4.69) is 36.9 Å². The van der Waals surface area contributed by atoms with Crippen molar-refractivity contribution in [3.8, 4) is 0 Å². The molecule has 1 aromatic carbocycles. The maximum atomic E-state index is 5.82. The summed E-state index contributed by atoms with van der Waals surface area (Å²) in [5.74, 6) is 0. The van der Waals surface area contributed by atoms with Gasteiger partial charge in [-0.15, -0.1) is 0 Å². The lowest BCUT2D eigenvalue weighted by molar-refractivity contribution is 0.737. The van der Waals surface area contributed by atoms with Gasteiger partial charge in [-0.1, -0.05) is 12.1 Å². The summed E-state index contributed by atoms with van der Waals surface area (Å²) in [5, 5.41) is 0. The first kappa shape index (κ1) is 11.5. The first-order valence-electron chi connectivity index (χ1n) is 6.27. The molecule has 0 saturated carbocycles. The van der Waals surface area contributed by atoms with Crippen LogP contribution in [0.5, 0.6) is 0 Å². The number of nitrogens with two attached hydrogens (primary N) is 1. The van der Waals surface area contributed by atoms with Gasteiger partial charge in [0.1, 0.15) is 0 Å². The minimum absolute atomic E-state index is 0.247. The van der Waals surface area contributed by atoms with Crippen LogP contribution >= 0.6 is 0 Å². The third kappa shape index (κ3) is 2.56. The highest BCUT2D eigenvalue weighted by Crippen LogP contribution is 2.25. The van der Waals surface area contributed by atoms with Crippen molar-refractivity contribution in [2.45, 2.75) is 39.2 Å². The summed E-state index contributed by atoms with van der Waals surface area (Å²) < 4.78 is 0. The van der Waals surface area contributed by atoms with Crippen molar-refractivity contribution < 1.29 is 0 Å². The third-order valence-electron chi connectivity index (χ3n) is 3.27. The van der Waals surface area contributed by atoms with E-state index in [1.54, 1.807) is 0 Å². The predicted octanol–water partition coefficient (Wildman–Crippen LogP) is 2.48. The maximum absolute atomic E-state index is 5.82. The van der Waals surface area contributed by atoms with Crippen LogP contribution in [0.3, 0.4) is 0 Å². The molecule has 88 valence electrons. The topological polar surface area (TPSA) is 29.3 Å². The average molecular weight is 218 g/mol. The van der Waals surface area contributed by atoms with Crippen LogP contribution in [-0.2, 0) is 6.42 Å². The molecular weight excluding hydrogens is 196 g/mol. The molecule has 0 spiro atoms. The highest BCUT2D eigenvalue weighted by atomic mass is 15.1. The van der Waals surface area contributed by atoms with Crippen molar-refractivity contribution in [1.29, 1.82) is 0 Å². The molecule has 1 aliphatic heterocycles. The molecule has 0 amide bonds. The van der Waals surface area contributed by atoms with E-state index in [1.165, 1.54) is 42.7 Å². The predicted molar refractivity (Wildman–Crippen MR) is 70.0 cm³/mol. The fourth-order valence-electron chi connectivity index (χ4n) is 2.53. The molecule has 1 heterocycles. The van der Waals surface area contributed by atoms with E-state index in [0.717, 1.165) is 6.42 Å². The monoisotopic (exact) mass is 218 g/mol. The van der Waals surface area contributed by atoms with E-state index in [-0.39, 0.29) is 6.04 Å². The lowest BCUT2D eigenvalue weighted by Crippen LogP contribution is -2.20. The molecule has 2 heteroatoms. The molecule has 1 fully saturated rings. The van der Waals surface area contributed by atoms with Gasteiger partial charge in [-0.3, -0.25) is 0 Å². The van der Waals surface area contributed by atoms with E-state index >= 15 is 0 Å².